The van der Waals surface area contributed by atoms with Crippen molar-refractivity contribution in [3.8, 4) is 0 Å². The summed E-state index contributed by atoms with van der Waals surface area (Å²) < 4.78 is 2.95. The average molecular weight is 372 g/mol. The predicted octanol–water partition coefficient (Wildman–Crippen LogP) is 3.91. The molecule has 114 valence electrons. The minimum atomic E-state index is -0.845. The molecule has 0 radical (unpaired) electrons. The molecule has 0 aliphatic rings. The third-order valence-corrected chi connectivity index (χ3v) is 5.18. The van der Waals surface area contributed by atoms with Crippen molar-refractivity contribution < 1.29 is 9.90 Å². The zero-order chi connectivity index (χ0) is 15.6. The Labute approximate surface area is 136 Å². The van der Waals surface area contributed by atoms with Gasteiger partial charge in [0.25, 0.3) is 0 Å². The van der Waals surface area contributed by atoms with Crippen LogP contribution < -0.4 is 0 Å². The highest BCUT2D eigenvalue weighted by molar-refractivity contribution is 9.10. The van der Waals surface area contributed by atoms with Gasteiger partial charge in [-0.3, -0.25) is 9.36 Å². The van der Waals surface area contributed by atoms with Crippen LogP contribution in [0.4, 0.5) is 0 Å². The Morgan fingerprint density at radius 1 is 1.48 bits per heavy atom. The number of nitrogens with zero attached hydrogens (tertiary/aromatic N) is 3. The number of imidazole rings is 1. The van der Waals surface area contributed by atoms with Crippen LogP contribution in [0.15, 0.2) is 21.9 Å². The SMILES string of the molecule is CCC(C)(CC)n1c(SCC(=O)O)nc2cc(Br)cnc21. The molecule has 21 heavy (non-hydrogen) atoms. The van der Waals surface area contributed by atoms with Gasteiger partial charge < -0.3 is 5.11 Å². The minimum absolute atomic E-state index is 0.00595. The summed E-state index contributed by atoms with van der Waals surface area (Å²) in [4.78, 5) is 19.9. The fourth-order valence-corrected chi connectivity index (χ4v) is 3.37. The van der Waals surface area contributed by atoms with Gasteiger partial charge in [0.15, 0.2) is 10.8 Å². The molecule has 0 unspecified atom stereocenters. The van der Waals surface area contributed by atoms with Crippen molar-refractivity contribution in [1.82, 2.24) is 14.5 Å². The molecule has 0 aromatic carbocycles. The largest absolute Gasteiger partial charge is 0.481 e. The molecule has 5 nitrogen and oxygen atoms in total. The predicted molar refractivity (Wildman–Crippen MR) is 87.8 cm³/mol. The summed E-state index contributed by atoms with van der Waals surface area (Å²) >= 11 is 4.64. The maximum Gasteiger partial charge on any atom is 0.313 e. The Kier molecular flexibility index (Phi) is 4.93. The lowest BCUT2D eigenvalue weighted by atomic mass is 9.95. The van der Waals surface area contributed by atoms with E-state index in [-0.39, 0.29) is 11.3 Å². The third-order valence-electron chi connectivity index (χ3n) is 3.82. The molecule has 7 heteroatoms. The molecule has 1 N–H and O–H groups in total. The number of hydrogen-bond acceptors (Lipinski definition) is 4. The molecule has 0 saturated heterocycles. The van der Waals surface area contributed by atoms with Crippen LogP contribution in [0.5, 0.6) is 0 Å². The summed E-state index contributed by atoms with van der Waals surface area (Å²) in [5, 5.41) is 9.63. The number of pyridine rings is 1. The van der Waals surface area contributed by atoms with Crippen molar-refractivity contribution >= 4 is 44.8 Å². The van der Waals surface area contributed by atoms with Crippen LogP contribution in [0.25, 0.3) is 11.2 Å². The summed E-state index contributed by atoms with van der Waals surface area (Å²) in [7, 11) is 0. The highest BCUT2D eigenvalue weighted by Gasteiger charge is 2.28. The topological polar surface area (TPSA) is 68.0 Å². The van der Waals surface area contributed by atoms with E-state index in [2.05, 4.69) is 51.2 Å². The zero-order valence-electron chi connectivity index (χ0n) is 12.3. The Balaban J connectivity index is 2.62. The molecule has 0 spiro atoms. The van der Waals surface area contributed by atoms with Gasteiger partial charge in [-0.05, 0) is 41.8 Å². The molecule has 0 saturated carbocycles. The maximum absolute atomic E-state index is 10.9. The summed E-state index contributed by atoms with van der Waals surface area (Å²) in [5.74, 6) is -0.851. The number of carboxylic acid groups (broad SMARTS) is 1. The molecule has 0 aliphatic carbocycles. The number of halogens is 1. The van der Waals surface area contributed by atoms with Crippen molar-refractivity contribution in [3.63, 3.8) is 0 Å². The quantitative estimate of drug-likeness (QED) is 0.779. The van der Waals surface area contributed by atoms with Gasteiger partial charge in [0.1, 0.15) is 5.52 Å². The molecule has 2 aromatic heterocycles. The molecule has 2 heterocycles. The van der Waals surface area contributed by atoms with Crippen molar-refractivity contribution in [2.45, 2.75) is 44.3 Å². The molecule has 0 bridgehead atoms. The van der Waals surface area contributed by atoms with E-state index in [4.69, 9.17) is 5.11 Å². The van der Waals surface area contributed by atoms with E-state index >= 15 is 0 Å². The number of carboxylic acids is 1. The van der Waals surface area contributed by atoms with Gasteiger partial charge in [0, 0.05) is 16.2 Å². The second-order valence-electron chi connectivity index (χ2n) is 5.11. The van der Waals surface area contributed by atoms with Crippen LogP contribution in [0, 0.1) is 0 Å². The third kappa shape index (κ3) is 3.23. The van der Waals surface area contributed by atoms with Crippen LogP contribution >= 0.6 is 27.7 Å². The average Bonchev–Trinajstić information content (AvgIpc) is 2.82. The standard InChI is InChI=1S/C14H18BrN3O2S/c1-4-14(3,5-2)18-12-10(6-9(15)7-16-12)17-13(18)21-8-11(19)20/h6-7H,4-5,8H2,1-3H3,(H,19,20). The number of hydrogen-bond donors (Lipinski definition) is 1. The van der Waals surface area contributed by atoms with E-state index in [1.54, 1.807) is 6.20 Å². The molecule has 0 aliphatic heterocycles. The molecular formula is C14H18BrN3O2S. The lowest BCUT2D eigenvalue weighted by molar-refractivity contribution is -0.133. The van der Waals surface area contributed by atoms with Gasteiger partial charge in [-0.15, -0.1) is 0 Å². The lowest BCUT2D eigenvalue weighted by Gasteiger charge is -2.30. The summed E-state index contributed by atoms with van der Waals surface area (Å²) in [6.45, 7) is 6.41. The van der Waals surface area contributed by atoms with Gasteiger partial charge in [-0.1, -0.05) is 25.6 Å². The normalized spacial score (nSPS) is 12.0. The second kappa shape index (κ2) is 6.36. The van der Waals surface area contributed by atoms with Gasteiger partial charge in [0.2, 0.25) is 0 Å². The first-order valence-corrected chi connectivity index (χ1v) is 8.58. The molecule has 0 amide bonds. The zero-order valence-corrected chi connectivity index (χ0v) is 14.7. The molecule has 0 fully saturated rings. The van der Waals surface area contributed by atoms with Crippen LogP contribution in [0.1, 0.15) is 33.6 Å². The monoisotopic (exact) mass is 371 g/mol. The first-order chi connectivity index (χ1) is 9.91. The highest BCUT2D eigenvalue weighted by Crippen LogP contribution is 2.34. The van der Waals surface area contributed by atoms with E-state index in [0.29, 0.717) is 5.16 Å². The second-order valence-corrected chi connectivity index (χ2v) is 6.97. The van der Waals surface area contributed by atoms with Gasteiger partial charge in [-0.2, -0.15) is 0 Å². The summed E-state index contributed by atoms with van der Waals surface area (Å²) in [5.41, 5.74) is 1.46. The van der Waals surface area contributed by atoms with Crippen LogP contribution in [0.3, 0.4) is 0 Å². The Morgan fingerprint density at radius 3 is 2.71 bits per heavy atom. The molecule has 2 aromatic rings. The van der Waals surface area contributed by atoms with E-state index in [0.717, 1.165) is 28.5 Å². The van der Waals surface area contributed by atoms with Crippen LogP contribution in [-0.2, 0) is 10.3 Å². The van der Waals surface area contributed by atoms with Crippen molar-refractivity contribution in [1.29, 1.82) is 0 Å². The van der Waals surface area contributed by atoms with Gasteiger partial charge >= 0.3 is 5.97 Å². The van der Waals surface area contributed by atoms with Gasteiger partial charge in [0.05, 0.1) is 5.75 Å². The number of aromatic nitrogens is 3. The first kappa shape index (κ1) is 16.3. The fraction of sp³-hybridized carbons (Fsp3) is 0.500. The Bertz CT molecular complexity index is 668. The molecular weight excluding hydrogens is 354 g/mol. The highest BCUT2D eigenvalue weighted by atomic mass is 79.9. The number of thioether (sulfide) groups is 1. The first-order valence-electron chi connectivity index (χ1n) is 6.80. The number of fused-ring (bicyclic) bond motifs is 1. The summed E-state index contributed by atoms with van der Waals surface area (Å²) in [6.07, 6.45) is 3.60. The number of aliphatic carboxylic acids is 1. The summed E-state index contributed by atoms with van der Waals surface area (Å²) in [6, 6.07) is 1.91. The van der Waals surface area contributed by atoms with Crippen molar-refractivity contribution in [3.05, 3.63) is 16.7 Å². The smallest absolute Gasteiger partial charge is 0.313 e. The Hall–Kier alpha value is -1.08. The maximum atomic E-state index is 10.9. The fourth-order valence-electron chi connectivity index (χ4n) is 2.20. The molecule has 0 atom stereocenters. The van der Waals surface area contributed by atoms with Crippen molar-refractivity contribution in [2.75, 3.05) is 5.75 Å². The van der Waals surface area contributed by atoms with E-state index in [9.17, 15) is 4.79 Å². The molecule has 2 rings (SSSR count). The van der Waals surface area contributed by atoms with Crippen molar-refractivity contribution in [2.24, 2.45) is 0 Å². The minimum Gasteiger partial charge on any atom is -0.481 e. The van der Waals surface area contributed by atoms with E-state index in [1.807, 2.05) is 6.07 Å². The van der Waals surface area contributed by atoms with Crippen LogP contribution in [-0.4, -0.2) is 31.4 Å². The Morgan fingerprint density at radius 2 is 2.14 bits per heavy atom. The lowest BCUT2D eigenvalue weighted by Crippen LogP contribution is -2.29. The van der Waals surface area contributed by atoms with Gasteiger partial charge in [-0.25, -0.2) is 9.97 Å². The van der Waals surface area contributed by atoms with E-state index in [1.165, 1.54) is 11.8 Å². The van der Waals surface area contributed by atoms with E-state index < -0.39 is 5.97 Å². The van der Waals surface area contributed by atoms with Crippen LogP contribution in [0.2, 0.25) is 0 Å². The number of rotatable bonds is 6. The number of carbonyl (C=O) groups is 1.